The van der Waals surface area contributed by atoms with E-state index in [0.717, 1.165) is 22.3 Å². The second-order valence-electron chi connectivity index (χ2n) is 9.52. The summed E-state index contributed by atoms with van der Waals surface area (Å²) in [6, 6.07) is 15.3. The van der Waals surface area contributed by atoms with E-state index in [9.17, 15) is 19.5 Å². The molecule has 4 rings (SSSR count). The van der Waals surface area contributed by atoms with Gasteiger partial charge in [0.05, 0.1) is 12.5 Å². The average molecular weight is 467 g/mol. The summed E-state index contributed by atoms with van der Waals surface area (Å²) in [6.45, 7) is 4.29. The van der Waals surface area contributed by atoms with Crippen molar-refractivity contribution in [3.05, 3.63) is 59.7 Å². The van der Waals surface area contributed by atoms with Crippen LogP contribution in [0, 0.1) is 5.41 Å². The van der Waals surface area contributed by atoms with Gasteiger partial charge in [-0.1, -0.05) is 62.4 Å². The lowest BCUT2D eigenvalue weighted by Gasteiger charge is -2.51. The number of benzene rings is 2. The summed E-state index contributed by atoms with van der Waals surface area (Å²) >= 11 is 0. The van der Waals surface area contributed by atoms with Crippen molar-refractivity contribution in [1.82, 2.24) is 10.2 Å². The van der Waals surface area contributed by atoms with Crippen LogP contribution in [0.2, 0.25) is 0 Å². The molecule has 1 aliphatic carbocycles. The fourth-order valence-electron chi connectivity index (χ4n) is 5.02. The molecule has 0 radical (unpaired) electrons. The van der Waals surface area contributed by atoms with E-state index in [2.05, 4.69) is 29.6 Å². The zero-order valence-corrected chi connectivity index (χ0v) is 19.6. The predicted octanol–water partition coefficient (Wildman–Crippen LogP) is 3.25. The highest BCUT2D eigenvalue weighted by Gasteiger charge is 2.52. The lowest BCUT2D eigenvalue weighted by molar-refractivity contribution is -0.173. The third-order valence-electron chi connectivity index (χ3n) is 6.74. The lowest BCUT2D eigenvalue weighted by atomic mass is 9.74. The number of nitrogens with one attached hydrogen (secondary N) is 1. The first-order chi connectivity index (χ1) is 16.2. The van der Waals surface area contributed by atoms with Crippen molar-refractivity contribution in [1.29, 1.82) is 0 Å². The van der Waals surface area contributed by atoms with Gasteiger partial charge in [0, 0.05) is 31.5 Å². The summed E-state index contributed by atoms with van der Waals surface area (Å²) in [7, 11) is 1.45. The monoisotopic (exact) mass is 466 g/mol. The van der Waals surface area contributed by atoms with Crippen LogP contribution < -0.4 is 5.32 Å². The number of likely N-dealkylation sites (tertiary alicyclic amines) is 1. The van der Waals surface area contributed by atoms with Gasteiger partial charge in [0.25, 0.3) is 0 Å². The predicted molar refractivity (Wildman–Crippen MR) is 125 cm³/mol. The van der Waals surface area contributed by atoms with Crippen LogP contribution in [0.25, 0.3) is 11.1 Å². The summed E-state index contributed by atoms with van der Waals surface area (Å²) < 4.78 is 10.9. The van der Waals surface area contributed by atoms with Gasteiger partial charge in [0.1, 0.15) is 12.6 Å². The standard InChI is InChI=1S/C26H30N2O6/c1-26(2)15-28(23(26)24(30)31)22(29)12-16(33-3)13-27-25(32)34-14-21-19-10-6-4-8-17(19)18-9-5-7-11-20(18)21/h4-11,16,21,23H,12-15H2,1-3H3,(H,27,32)(H,30,31). The summed E-state index contributed by atoms with van der Waals surface area (Å²) in [5.74, 6) is -1.37. The van der Waals surface area contributed by atoms with Crippen LogP contribution >= 0.6 is 0 Å². The second-order valence-corrected chi connectivity index (χ2v) is 9.52. The summed E-state index contributed by atoms with van der Waals surface area (Å²) in [5.41, 5.74) is 4.09. The third-order valence-corrected chi connectivity index (χ3v) is 6.74. The number of methoxy groups -OCH3 is 1. The number of fused-ring (bicyclic) bond motifs is 3. The number of hydrogen-bond acceptors (Lipinski definition) is 5. The molecule has 2 unspecified atom stereocenters. The molecule has 0 saturated carbocycles. The Labute approximate surface area is 198 Å². The molecule has 0 bridgehead atoms. The Morgan fingerprint density at radius 2 is 1.68 bits per heavy atom. The second kappa shape index (κ2) is 9.46. The van der Waals surface area contributed by atoms with E-state index >= 15 is 0 Å². The fourth-order valence-corrected chi connectivity index (χ4v) is 5.02. The molecule has 0 spiro atoms. The molecule has 34 heavy (non-hydrogen) atoms. The number of carboxylic acids is 1. The normalized spacial score (nSPS) is 18.9. The average Bonchev–Trinajstić information content (AvgIpc) is 3.12. The summed E-state index contributed by atoms with van der Waals surface area (Å²) in [6.07, 6.45) is -1.21. The zero-order chi connectivity index (χ0) is 24.5. The lowest BCUT2D eigenvalue weighted by Crippen LogP contribution is -2.67. The maximum Gasteiger partial charge on any atom is 0.407 e. The van der Waals surface area contributed by atoms with E-state index in [0.29, 0.717) is 6.54 Å². The molecule has 180 valence electrons. The summed E-state index contributed by atoms with van der Waals surface area (Å²) in [5, 5.41) is 12.1. The number of aliphatic carboxylic acids is 1. The molecule has 1 heterocycles. The molecule has 2 aromatic rings. The molecular weight excluding hydrogens is 436 g/mol. The van der Waals surface area contributed by atoms with E-state index in [1.54, 1.807) is 0 Å². The Morgan fingerprint density at radius 3 is 2.21 bits per heavy atom. The molecule has 8 nitrogen and oxygen atoms in total. The number of nitrogens with zero attached hydrogens (tertiary/aromatic N) is 1. The Kier molecular flexibility index (Phi) is 6.61. The molecule has 0 aromatic heterocycles. The molecule has 1 saturated heterocycles. The molecule has 2 atom stereocenters. The van der Waals surface area contributed by atoms with Crippen molar-refractivity contribution in [3.63, 3.8) is 0 Å². The Morgan fingerprint density at radius 1 is 1.09 bits per heavy atom. The van der Waals surface area contributed by atoms with Crippen molar-refractivity contribution < 1.29 is 29.0 Å². The van der Waals surface area contributed by atoms with Crippen molar-refractivity contribution in [2.24, 2.45) is 5.41 Å². The van der Waals surface area contributed by atoms with Crippen molar-refractivity contribution in [3.8, 4) is 11.1 Å². The Bertz CT molecular complexity index is 1050. The van der Waals surface area contributed by atoms with Gasteiger partial charge in [-0.2, -0.15) is 0 Å². The van der Waals surface area contributed by atoms with Crippen LogP contribution in [-0.2, 0) is 19.1 Å². The molecule has 8 heteroatoms. The first-order valence-corrected chi connectivity index (χ1v) is 11.4. The van der Waals surface area contributed by atoms with Crippen molar-refractivity contribution >= 4 is 18.0 Å². The van der Waals surface area contributed by atoms with Crippen LogP contribution in [0.4, 0.5) is 4.79 Å². The zero-order valence-electron chi connectivity index (χ0n) is 19.6. The van der Waals surface area contributed by atoms with Gasteiger partial charge < -0.3 is 24.8 Å². The van der Waals surface area contributed by atoms with Gasteiger partial charge in [0.15, 0.2) is 0 Å². The number of carboxylic acid groups (broad SMARTS) is 1. The highest BCUT2D eigenvalue weighted by molar-refractivity contribution is 5.87. The molecule has 2 amide bonds. The van der Waals surface area contributed by atoms with E-state index < -0.39 is 29.6 Å². The number of hydrogen-bond donors (Lipinski definition) is 2. The number of rotatable bonds is 8. The number of ether oxygens (including phenoxy) is 2. The van der Waals surface area contributed by atoms with Gasteiger partial charge in [-0.15, -0.1) is 0 Å². The molecule has 1 aliphatic heterocycles. The molecule has 2 N–H and O–H groups in total. The van der Waals surface area contributed by atoms with Crippen LogP contribution in [0.3, 0.4) is 0 Å². The largest absolute Gasteiger partial charge is 0.480 e. The van der Waals surface area contributed by atoms with E-state index in [4.69, 9.17) is 9.47 Å². The maximum absolute atomic E-state index is 12.6. The first kappa shape index (κ1) is 23.8. The number of alkyl carbamates (subject to hydrolysis) is 1. The molecule has 1 fully saturated rings. The van der Waals surface area contributed by atoms with Crippen molar-refractivity contribution in [2.45, 2.75) is 38.3 Å². The molecule has 2 aromatic carbocycles. The summed E-state index contributed by atoms with van der Waals surface area (Å²) in [4.78, 5) is 37.9. The smallest absolute Gasteiger partial charge is 0.407 e. The van der Waals surface area contributed by atoms with Gasteiger partial charge in [-0.05, 0) is 22.3 Å². The van der Waals surface area contributed by atoms with E-state index in [1.165, 1.54) is 12.0 Å². The highest BCUT2D eigenvalue weighted by Crippen LogP contribution is 2.44. The van der Waals surface area contributed by atoms with Gasteiger partial charge >= 0.3 is 12.1 Å². The number of carbonyl (C=O) groups is 3. The van der Waals surface area contributed by atoms with Gasteiger partial charge in [-0.25, -0.2) is 9.59 Å². The maximum atomic E-state index is 12.6. The molecule has 2 aliphatic rings. The highest BCUT2D eigenvalue weighted by atomic mass is 16.5. The van der Waals surface area contributed by atoms with Crippen LogP contribution in [-0.4, -0.2) is 66.9 Å². The van der Waals surface area contributed by atoms with Gasteiger partial charge in [-0.3, -0.25) is 4.79 Å². The van der Waals surface area contributed by atoms with Crippen LogP contribution in [0.5, 0.6) is 0 Å². The molecular formula is C26H30N2O6. The SMILES string of the molecule is COC(CNC(=O)OCC1c2ccccc2-c2ccccc21)CC(=O)N1CC(C)(C)C1C(=O)O. The minimum absolute atomic E-state index is 0.0278. The number of amides is 2. The topological polar surface area (TPSA) is 105 Å². The Balaban J connectivity index is 1.29. The van der Waals surface area contributed by atoms with Crippen LogP contribution in [0.15, 0.2) is 48.5 Å². The minimum atomic E-state index is -1.02. The third kappa shape index (κ3) is 4.50. The van der Waals surface area contributed by atoms with E-state index in [1.807, 2.05) is 38.1 Å². The van der Waals surface area contributed by atoms with Crippen molar-refractivity contribution in [2.75, 3.05) is 26.8 Å². The fraction of sp³-hybridized carbons (Fsp3) is 0.423. The quantitative estimate of drug-likeness (QED) is 0.619. The van der Waals surface area contributed by atoms with Crippen LogP contribution in [0.1, 0.15) is 37.3 Å². The van der Waals surface area contributed by atoms with E-state index in [-0.39, 0.29) is 31.4 Å². The minimum Gasteiger partial charge on any atom is -0.480 e. The number of carbonyl (C=O) groups excluding carboxylic acids is 2. The van der Waals surface area contributed by atoms with Gasteiger partial charge in [0.2, 0.25) is 5.91 Å². The first-order valence-electron chi connectivity index (χ1n) is 11.4. The Hall–Kier alpha value is -3.39.